The number of hydrogen-bond acceptors (Lipinski definition) is 4. The van der Waals surface area contributed by atoms with Gasteiger partial charge in [0, 0.05) is 24.0 Å². The number of thiazole rings is 1. The Morgan fingerprint density at radius 3 is 2.79 bits per heavy atom. The van der Waals surface area contributed by atoms with E-state index in [1.165, 1.54) is 25.7 Å². The third-order valence-electron chi connectivity index (χ3n) is 4.64. The second-order valence-corrected chi connectivity index (χ2v) is 7.08. The number of nitrogens with zero attached hydrogens (tertiary/aromatic N) is 2. The molecule has 3 rings (SSSR count). The van der Waals surface area contributed by atoms with Gasteiger partial charge in [0.1, 0.15) is 12.4 Å². The number of rotatable bonds is 5. The lowest BCUT2D eigenvalue weighted by atomic mass is 10.1. The van der Waals surface area contributed by atoms with Gasteiger partial charge in [-0.1, -0.05) is 31.7 Å². The second kappa shape index (κ2) is 8.29. The number of carbonyl (C=O) groups is 1. The van der Waals surface area contributed by atoms with Gasteiger partial charge in [-0.15, -0.1) is 11.3 Å². The summed E-state index contributed by atoms with van der Waals surface area (Å²) >= 11 is 1.55. The maximum absolute atomic E-state index is 12.8. The zero-order valence-corrected chi connectivity index (χ0v) is 14.9. The van der Waals surface area contributed by atoms with Crippen molar-refractivity contribution < 1.29 is 9.53 Å². The quantitative estimate of drug-likeness (QED) is 0.749. The highest BCUT2D eigenvalue weighted by Crippen LogP contribution is 2.23. The molecule has 4 nitrogen and oxygen atoms in total. The van der Waals surface area contributed by atoms with Gasteiger partial charge in [-0.25, -0.2) is 4.98 Å². The van der Waals surface area contributed by atoms with Crippen LogP contribution < -0.4 is 4.74 Å². The molecule has 1 heterocycles. The first-order valence-corrected chi connectivity index (χ1v) is 9.55. The van der Waals surface area contributed by atoms with Gasteiger partial charge in [-0.05, 0) is 31.0 Å². The first kappa shape index (κ1) is 17.0. The monoisotopic (exact) mass is 344 g/mol. The van der Waals surface area contributed by atoms with Gasteiger partial charge in [0.2, 0.25) is 0 Å². The van der Waals surface area contributed by atoms with Crippen LogP contribution in [0.3, 0.4) is 0 Å². The molecule has 0 atom stereocenters. The largest absolute Gasteiger partial charge is 0.487 e. The minimum atomic E-state index is 0.0843. The number of amides is 1. The molecule has 0 bridgehead atoms. The molecule has 0 N–H and O–H groups in total. The summed E-state index contributed by atoms with van der Waals surface area (Å²) in [5.74, 6) is 0.795. The molecule has 0 radical (unpaired) electrons. The molecule has 0 unspecified atom stereocenters. The lowest BCUT2D eigenvalue weighted by Gasteiger charge is -2.27. The minimum Gasteiger partial charge on any atom is -0.487 e. The van der Waals surface area contributed by atoms with E-state index in [0.717, 1.165) is 18.5 Å². The molecule has 1 aromatic carbocycles. The van der Waals surface area contributed by atoms with Gasteiger partial charge in [-0.3, -0.25) is 4.79 Å². The lowest BCUT2D eigenvalue weighted by molar-refractivity contribution is 0.0717. The Morgan fingerprint density at radius 1 is 1.29 bits per heavy atom. The molecule has 5 heteroatoms. The van der Waals surface area contributed by atoms with Crippen LogP contribution in [0.1, 0.15) is 54.6 Å². The van der Waals surface area contributed by atoms with E-state index in [-0.39, 0.29) is 5.91 Å². The fourth-order valence-corrected chi connectivity index (χ4v) is 3.74. The maximum Gasteiger partial charge on any atom is 0.253 e. The van der Waals surface area contributed by atoms with Gasteiger partial charge in [0.25, 0.3) is 5.91 Å². The van der Waals surface area contributed by atoms with E-state index in [1.807, 2.05) is 41.6 Å². The minimum absolute atomic E-state index is 0.0843. The van der Waals surface area contributed by atoms with Crippen LogP contribution in [0.4, 0.5) is 0 Å². The number of benzene rings is 1. The third kappa shape index (κ3) is 4.35. The molecule has 24 heavy (non-hydrogen) atoms. The molecule has 0 saturated heterocycles. The summed E-state index contributed by atoms with van der Waals surface area (Å²) in [6.45, 7) is 0.430. The number of carbonyl (C=O) groups excluding carboxylic acids is 1. The van der Waals surface area contributed by atoms with Gasteiger partial charge in [0.05, 0.1) is 11.2 Å². The van der Waals surface area contributed by atoms with Gasteiger partial charge in [-0.2, -0.15) is 0 Å². The van der Waals surface area contributed by atoms with Crippen LogP contribution in [0.25, 0.3) is 0 Å². The van der Waals surface area contributed by atoms with E-state index in [9.17, 15) is 4.79 Å². The van der Waals surface area contributed by atoms with Crippen LogP contribution in [0.2, 0.25) is 0 Å². The van der Waals surface area contributed by atoms with E-state index in [2.05, 4.69) is 4.98 Å². The molecule has 0 spiro atoms. The van der Waals surface area contributed by atoms with E-state index in [0.29, 0.717) is 24.0 Å². The van der Waals surface area contributed by atoms with Crippen molar-refractivity contribution in [3.05, 3.63) is 46.4 Å². The molecular formula is C19H24N2O2S. The smallest absolute Gasteiger partial charge is 0.253 e. The Balaban J connectivity index is 1.64. The Kier molecular flexibility index (Phi) is 5.86. The van der Waals surface area contributed by atoms with E-state index in [4.69, 9.17) is 4.74 Å². The molecule has 0 aliphatic heterocycles. The zero-order chi connectivity index (χ0) is 16.8. The van der Waals surface area contributed by atoms with Crippen molar-refractivity contribution >= 4 is 17.2 Å². The Hall–Kier alpha value is -1.88. The second-order valence-electron chi connectivity index (χ2n) is 6.36. The molecule has 1 fully saturated rings. The number of hydrogen-bond donors (Lipinski definition) is 0. The summed E-state index contributed by atoms with van der Waals surface area (Å²) in [7, 11) is 1.93. The predicted octanol–water partition coefficient (Wildman–Crippen LogP) is 4.52. The molecule has 1 saturated carbocycles. The van der Waals surface area contributed by atoms with E-state index in [1.54, 1.807) is 16.8 Å². The zero-order valence-electron chi connectivity index (χ0n) is 14.1. The molecule has 1 aromatic heterocycles. The average molecular weight is 344 g/mol. The standard InChI is InChI=1S/C19H24N2O2S/c1-21(17-8-4-2-3-5-9-17)19(22)15-7-6-10-18(11-15)23-12-16-13-24-14-20-16/h6-7,10-11,13-14,17H,2-5,8-9,12H2,1H3. The van der Waals surface area contributed by atoms with Crippen molar-refractivity contribution in [3.8, 4) is 5.75 Å². The van der Waals surface area contributed by atoms with Crippen LogP contribution >= 0.6 is 11.3 Å². The normalized spacial score (nSPS) is 15.7. The highest BCUT2D eigenvalue weighted by Gasteiger charge is 2.22. The maximum atomic E-state index is 12.8. The average Bonchev–Trinajstić information content (AvgIpc) is 2.99. The van der Waals surface area contributed by atoms with Gasteiger partial charge < -0.3 is 9.64 Å². The van der Waals surface area contributed by atoms with Crippen molar-refractivity contribution in [2.24, 2.45) is 0 Å². The van der Waals surface area contributed by atoms with Crippen molar-refractivity contribution in [2.75, 3.05) is 7.05 Å². The van der Waals surface area contributed by atoms with Crippen LogP contribution in [0, 0.1) is 0 Å². The van der Waals surface area contributed by atoms with Crippen molar-refractivity contribution in [3.63, 3.8) is 0 Å². The van der Waals surface area contributed by atoms with Crippen molar-refractivity contribution in [1.29, 1.82) is 0 Å². The Morgan fingerprint density at radius 2 is 2.08 bits per heavy atom. The van der Waals surface area contributed by atoms with E-state index >= 15 is 0 Å². The first-order chi connectivity index (χ1) is 11.7. The summed E-state index contributed by atoms with van der Waals surface area (Å²) in [5, 5.41) is 1.97. The fourth-order valence-electron chi connectivity index (χ4n) is 3.20. The van der Waals surface area contributed by atoms with Crippen molar-refractivity contribution in [2.45, 2.75) is 51.2 Å². The lowest BCUT2D eigenvalue weighted by Crippen LogP contribution is -2.36. The third-order valence-corrected chi connectivity index (χ3v) is 5.28. The first-order valence-electron chi connectivity index (χ1n) is 8.61. The summed E-state index contributed by atoms with van der Waals surface area (Å²) in [5.41, 5.74) is 3.39. The van der Waals surface area contributed by atoms with Crippen molar-refractivity contribution in [1.82, 2.24) is 9.88 Å². The summed E-state index contributed by atoms with van der Waals surface area (Å²) in [4.78, 5) is 18.9. The van der Waals surface area contributed by atoms with Crippen LogP contribution in [-0.2, 0) is 6.61 Å². The molecular weight excluding hydrogens is 320 g/mol. The highest BCUT2D eigenvalue weighted by atomic mass is 32.1. The summed E-state index contributed by atoms with van der Waals surface area (Å²) in [6.07, 6.45) is 7.25. The van der Waals surface area contributed by atoms with Crippen LogP contribution in [-0.4, -0.2) is 28.9 Å². The fraction of sp³-hybridized carbons (Fsp3) is 0.474. The Bertz CT molecular complexity index is 649. The summed E-state index contributed by atoms with van der Waals surface area (Å²) in [6, 6.07) is 7.83. The van der Waals surface area contributed by atoms with E-state index < -0.39 is 0 Å². The molecule has 1 amide bonds. The van der Waals surface area contributed by atoms with Crippen LogP contribution in [0.5, 0.6) is 5.75 Å². The molecule has 1 aliphatic carbocycles. The topological polar surface area (TPSA) is 42.4 Å². The highest BCUT2D eigenvalue weighted by molar-refractivity contribution is 7.07. The summed E-state index contributed by atoms with van der Waals surface area (Å²) < 4.78 is 5.76. The SMILES string of the molecule is CN(C(=O)c1cccc(OCc2cscn2)c1)C1CCCCCC1. The molecule has 2 aromatic rings. The number of aromatic nitrogens is 1. The van der Waals surface area contributed by atoms with Gasteiger partial charge in [0.15, 0.2) is 0 Å². The van der Waals surface area contributed by atoms with Crippen LogP contribution in [0.15, 0.2) is 35.2 Å². The van der Waals surface area contributed by atoms with Gasteiger partial charge >= 0.3 is 0 Å². The molecule has 1 aliphatic rings. The number of ether oxygens (including phenoxy) is 1. The molecule has 128 valence electrons. The Labute approximate surface area is 147 Å². The predicted molar refractivity (Wildman–Crippen MR) is 96.5 cm³/mol.